The summed E-state index contributed by atoms with van der Waals surface area (Å²) >= 11 is 0. The smallest absolute Gasteiger partial charge is 0.355 e. The van der Waals surface area contributed by atoms with E-state index in [1.165, 1.54) is 0 Å². The molecule has 1 N–H and O–H groups in total. The second-order valence-corrected chi connectivity index (χ2v) is 6.94. The van der Waals surface area contributed by atoms with Crippen molar-refractivity contribution < 1.29 is 23.8 Å². The molecule has 3 rings (SSSR count). The van der Waals surface area contributed by atoms with Gasteiger partial charge in [0.15, 0.2) is 5.78 Å². The van der Waals surface area contributed by atoms with Gasteiger partial charge in [-0.15, -0.1) is 0 Å². The molecule has 0 saturated heterocycles. The molecule has 1 atom stereocenters. The first-order valence-corrected chi connectivity index (χ1v) is 9.69. The molecule has 150 valence electrons. The molecule has 1 heterocycles. The summed E-state index contributed by atoms with van der Waals surface area (Å²) in [5.41, 5.74) is 3.61. The lowest BCUT2D eigenvalue weighted by Gasteiger charge is -2.24. The van der Waals surface area contributed by atoms with Crippen molar-refractivity contribution in [3.63, 3.8) is 0 Å². The molecule has 1 aliphatic carbocycles. The Bertz CT molecular complexity index is 883. The zero-order chi connectivity index (χ0) is 20.3. The van der Waals surface area contributed by atoms with E-state index in [1.54, 1.807) is 21.1 Å². The van der Waals surface area contributed by atoms with Crippen molar-refractivity contribution in [3.05, 3.63) is 46.3 Å². The van der Waals surface area contributed by atoms with Crippen LogP contribution in [0.2, 0.25) is 0 Å². The minimum atomic E-state index is -0.399. The van der Waals surface area contributed by atoms with Gasteiger partial charge in [0, 0.05) is 29.2 Å². The zero-order valence-electron chi connectivity index (χ0n) is 16.9. The highest BCUT2D eigenvalue weighted by molar-refractivity contribution is 6.04. The minimum absolute atomic E-state index is 0.0476. The third-order valence-corrected chi connectivity index (χ3v) is 5.20. The molecular weight excluding hydrogens is 358 g/mol. The van der Waals surface area contributed by atoms with Gasteiger partial charge in [0.1, 0.15) is 17.2 Å². The van der Waals surface area contributed by atoms with E-state index in [2.05, 4.69) is 4.98 Å². The SMILES string of the molecule is CCCc1c(C(=O)OCC)[nH]c2c1C(=O)C[C@@H](c1cc(OC)ccc1OC)C2. The van der Waals surface area contributed by atoms with Crippen molar-refractivity contribution >= 4 is 11.8 Å². The molecular formula is C22H27NO5. The van der Waals surface area contributed by atoms with Gasteiger partial charge in [-0.1, -0.05) is 13.3 Å². The first-order chi connectivity index (χ1) is 13.5. The Morgan fingerprint density at radius 3 is 2.61 bits per heavy atom. The van der Waals surface area contributed by atoms with Crippen LogP contribution in [0.25, 0.3) is 0 Å². The van der Waals surface area contributed by atoms with Gasteiger partial charge in [0.2, 0.25) is 0 Å². The van der Waals surface area contributed by atoms with Crippen LogP contribution in [-0.2, 0) is 17.6 Å². The maximum absolute atomic E-state index is 13.1. The molecule has 0 bridgehead atoms. The summed E-state index contributed by atoms with van der Waals surface area (Å²) in [4.78, 5) is 28.7. The Kier molecular flexibility index (Phi) is 6.07. The van der Waals surface area contributed by atoms with Crippen molar-refractivity contribution in [1.29, 1.82) is 0 Å². The fraction of sp³-hybridized carbons (Fsp3) is 0.455. The number of H-pyrrole nitrogens is 1. The highest BCUT2D eigenvalue weighted by atomic mass is 16.5. The number of ketones is 1. The van der Waals surface area contributed by atoms with Crippen LogP contribution in [0, 0.1) is 0 Å². The molecule has 0 radical (unpaired) electrons. The number of aromatic nitrogens is 1. The molecule has 6 nitrogen and oxygen atoms in total. The quantitative estimate of drug-likeness (QED) is 0.727. The number of hydrogen-bond acceptors (Lipinski definition) is 5. The maximum Gasteiger partial charge on any atom is 0.355 e. The first-order valence-electron chi connectivity index (χ1n) is 9.69. The number of Topliss-reactive ketones (excluding diaryl/α,β-unsaturated/α-hetero) is 1. The number of rotatable bonds is 7. The summed E-state index contributed by atoms with van der Waals surface area (Å²) in [6.07, 6.45) is 2.50. The Morgan fingerprint density at radius 2 is 1.96 bits per heavy atom. The van der Waals surface area contributed by atoms with Crippen LogP contribution in [-0.4, -0.2) is 37.6 Å². The molecule has 0 unspecified atom stereocenters. The molecule has 1 aromatic heterocycles. The number of ether oxygens (including phenoxy) is 3. The molecule has 1 aliphatic rings. The summed E-state index contributed by atoms with van der Waals surface area (Å²) in [6, 6.07) is 5.62. The van der Waals surface area contributed by atoms with E-state index in [9.17, 15) is 9.59 Å². The number of esters is 1. The van der Waals surface area contributed by atoms with E-state index in [-0.39, 0.29) is 11.7 Å². The van der Waals surface area contributed by atoms with Gasteiger partial charge in [-0.05, 0) is 43.5 Å². The van der Waals surface area contributed by atoms with Crippen molar-refractivity contribution in [3.8, 4) is 11.5 Å². The number of benzene rings is 1. The van der Waals surface area contributed by atoms with Gasteiger partial charge >= 0.3 is 5.97 Å². The molecule has 2 aromatic rings. The molecule has 6 heteroatoms. The second-order valence-electron chi connectivity index (χ2n) is 6.94. The number of fused-ring (bicyclic) bond motifs is 1. The van der Waals surface area contributed by atoms with Crippen LogP contribution in [0.3, 0.4) is 0 Å². The summed E-state index contributed by atoms with van der Waals surface area (Å²) in [7, 11) is 3.23. The fourth-order valence-electron chi connectivity index (χ4n) is 3.99. The average molecular weight is 385 g/mol. The topological polar surface area (TPSA) is 77.6 Å². The van der Waals surface area contributed by atoms with Gasteiger partial charge < -0.3 is 19.2 Å². The highest BCUT2D eigenvalue weighted by Gasteiger charge is 2.34. The first kappa shape index (κ1) is 20.0. The molecule has 1 aromatic carbocycles. The van der Waals surface area contributed by atoms with Gasteiger partial charge in [-0.25, -0.2) is 4.79 Å². The second kappa shape index (κ2) is 8.50. The Labute approximate surface area is 165 Å². The largest absolute Gasteiger partial charge is 0.497 e. The standard InChI is InChI=1S/C22H27NO5/c1-5-7-15-20-17(23-21(15)22(25)28-6-2)10-13(11-18(20)24)16-12-14(26-3)8-9-19(16)27-4/h8-9,12-13,23H,5-7,10-11H2,1-4H3/t13-/m0/s1. The Balaban J connectivity index is 2.03. The van der Waals surface area contributed by atoms with Gasteiger partial charge in [0.05, 0.1) is 20.8 Å². The fourth-order valence-corrected chi connectivity index (χ4v) is 3.99. The lowest BCUT2D eigenvalue weighted by Crippen LogP contribution is -2.19. The highest BCUT2D eigenvalue weighted by Crippen LogP contribution is 2.40. The van der Waals surface area contributed by atoms with E-state index >= 15 is 0 Å². The van der Waals surface area contributed by atoms with Crippen LogP contribution in [0.4, 0.5) is 0 Å². The number of nitrogens with one attached hydrogen (secondary N) is 1. The number of carbonyl (C=O) groups is 2. The molecule has 28 heavy (non-hydrogen) atoms. The summed E-state index contributed by atoms with van der Waals surface area (Å²) < 4.78 is 16.0. The molecule has 0 aliphatic heterocycles. The van der Waals surface area contributed by atoms with Crippen molar-refractivity contribution in [2.75, 3.05) is 20.8 Å². The van der Waals surface area contributed by atoms with E-state index in [4.69, 9.17) is 14.2 Å². The number of methoxy groups -OCH3 is 2. The van der Waals surface area contributed by atoms with Crippen molar-refractivity contribution in [1.82, 2.24) is 4.98 Å². The van der Waals surface area contributed by atoms with Crippen LogP contribution in [0.1, 0.15) is 70.3 Å². The Hall–Kier alpha value is -2.76. The van der Waals surface area contributed by atoms with Crippen LogP contribution in [0.5, 0.6) is 11.5 Å². The molecule has 0 amide bonds. The predicted molar refractivity (Wildman–Crippen MR) is 106 cm³/mol. The van der Waals surface area contributed by atoms with Crippen LogP contribution >= 0.6 is 0 Å². The minimum Gasteiger partial charge on any atom is -0.497 e. The normalized spacial score (nSPS) is 15.9. The van der Waals surface area contributed by atoms with E-state index < -0.39 is 5.97 Å². The average Bonchev–Trinajstić information content (AvgIpc) is 3.07. The Morgan fingerprint density at radius 1 is 1.18 bits per heavy atom. The van der Waals surface area contributed by atoms with Crippen molar-refractivity contribution in [2.24, 2.45) is 0 Å². The van der Waals surface area contributed by atoms with Crippen LogP contribution < -0.4 is 9.47 Å². The molecule has 0 spiro atoms. The zero-order valence-corrected chi connectivity index (χ0v) is 16.9. The third-order valence-electron chi connectivity index (χ3n) is 5.20. The maximum atomic E-state index is 13.1. The molecule has 0 fully saturated rings. The summed E-state index contributed by atoms with van der Waals surface area (Å²) in [5, 5.41) is 0. The van der Waals surface area contributed by atoms with Crippen molar-refractivity contribution in [2.45, 2.75) is 45.4 Å². The molecule has 0 saturated carbocycles. The monoisotopic (exact) mass is 385 g/mol. The summed E-state index contributed by atoms with van der Waals surface area (Å²) in [6.45, 7) is 4.10. The lowest BCUT2D eigenvalue weighted by atomic mass is 9.80. The van der Waals surface area contributed by atoms with E-state index in [0.29, 0.717) is 37.1 Å². The van der Waals surface area contributed by atoms with Gasteiger partial charge in [-0.3, -0.25) is 4.79 Å². The third kappa shape index (κ3) is 3.63. The van der Waals surface area contributed by atoms with Gasteiger partial charge in [-0.2, -0.15) is 0 Å². The van der Waals surface area contributed by atoms with E-state index in [0.717, 1.165) is 34.7 Å². The predicted octanol–water partition coefficient (Wildman–Crippen LogP) is 4.07. The van der Waals surface area contributed by atoms with E-state index in [1.807, 2.05) is 25.1 Å². The van der Waals surface area contributed by atoms with Gasteiger partial charge in [0.25, 0.3) is 0 Å². The lowest BCUT2D eigenvalue weighted by molar-refractivity contribution is 0.0518. The number of aromatic amines is 1. The summed E-state index contributed by atoms with van der Waals surface area (Å²) in [5.74, 6) is 1.05. The number of carbonyl (C=O) groups excluding carboxylic acids is 2. The number of hydrogen-bond donors (Lipinski definition) is 1. The van der Waals surface area contributed by atoms with Crippen LogP contribution in [0.15, 0.2) is 18.2 Å².